The molecule has 0 unspecified atom stereocenters. The standard InChI is InChI=1S/C15H11NO4/c1-19-10-7-5-9(6-8-10)14-16-12-4-2-3-11(15(17)18)13(12)20-14/h2-8H,1H3,(H,17,18). The van der Waals surface area contributed by atoms with Gasteiger partial charge in [-0.25, -0.2) is 9.78 Å². The Kier molecular flexibility index (Phi) is 2.87. The zero-order valence-electron chi connectivity index (χ0n) is 10.7. The largest absolute Gasteiger partial charge is 0.497 e. The minimum Gasteiger partial charge on any atom is -0.497 e. The molecule has 0 spiro atoms. The van der Waals surface area contributed by atoms with Gasteiger partial charge in [-0.05, 0) is 36.4 Å². The van der Waals surface area contributed by atoms with Gasteiger partial charge in [-0.1, -0.05) is 6.07 Å². The van der Waals surface area contributed by atoms with Crippen molar-refractivity contribution in [2.45, 2.75) is 0 Å². The zero-order chi connectivity index (χ0) is 14.1. The van der Waals surface area contributed by atoms with Crippen molar-refractivity contribution >= 4 is 17.1 Å². The highest BCUT2D eigenvalue weighted by atomic mass is 16.5. The van der Waals surface area contributed by atoms with Crippen LogP contribution in [0.15, 0.2) is 46.9 Å². The summed E-state index contributed by atoms with van der Waals surface area (Å²) in [5.41, 5.74) is 1.68. The highest BCUT2D eigenvalue weighted by Gasteiger charge is 2.15. The Hall–Kier alpha value is -2.82. The van der Waals surface area contributed by atoms with E-state index in [1.54, 1.807) is 31.4 Å². The zero-order valence-corrected chi connectivity index (χ0v) is 10.7. The quantitative estimate of drug-likeness (QED) is 0.790. The molecular formula is C15H11NO4. The molecule has 3 aromatic rings. The number of carboxylic acids is 1. The first-order valence-corrected chi connectivity index (χ1v) is 5.96. The third kappa shape index (κ3) is 1.99. The van der Waals surface area contributed by atoms with Gasteiger partial charge >= 0.3 is 5.97 Å². The number of nitrogens with zero attached hydrogens (tertiary/aromatic N) is 1. The Morgan fingerprint density at radius 2 is 1.95 bits per heavy atom. The summed E-state index contributed by atoms with van der Waals surface area (Å²) in [5.74, 6) is 0.0838. The fourth-order valence-corrected chi connectivity index (χ4v) is 1.97. The van der Waals surface area contributed by atoms with Crippen molar-refractivity contribution in [1.29, 1.82) is 0 Å². The minimum atomic E-state index is -1.03. The van der Waals surface area contributed by atoms with Crippen molar-refractivity contribution in [1.82, 2.24) is 4.98 Å². The SMILES string of the molecule is COc1ccc(-c2nc3cccc(C(=O)O)c3o2)cc1. The first-order valence-electron chi connectivity index (χ1n) is 5.96. The second-order valence-corrected chi connectivity index (χ2v) is 4.21. The van der Waals surface area contributed by atoms with Gasteiger partial charge in [0.15, 0.2) is 5.58 Å². The lowest BCUT2D eigenvalue weighted by Gasteiger charge is -1.99. The van der Waals surface area contributed by atoms with E-state index >= 15 is 0 Å². The van der Waals surface area contributed by atoms with Crippen molar-refractivity contribution in [2.75, 3.05) is 7.11 Å². The van der Waals surface area contributed by atoms with Gasteiger partial charge in [0.05, 0.1) is 7.11 Å². The van der Waals surface area contributed by atoms with Crippen molar-refractivity contribution in [2.24, 2.45) is 0 Å². The average Bonchev–Trinajstić information content (AvgIpc) is 2.90. The third-order valence-corrected chi connectivity index (χ3v) is 2.98. The number of methoxy groups -OCH3 is 1. The number of aromatic carboxylic acids is 1. The van der Waals surface area contributed by atoms with Crippen LogP contribution in [0.2, 0.25) is 0 Å². The smallest absolute Gasteiger partial charge is 0.339 e. The second kappa shape index (κ2) is 4.70. The topological polar surface area (TPSA) is 72.6 Å². The van der Waals surface area contributed by atoms with Crippen LogP contribution < -0.4 is 4.74 Å². The van der Waals surface area contributed by atoms with Gasteiger partial charge in [-0.2, -0.15) is 0 Å². The Bertz CT molecular complexity index is 774. The number of rotatable bonds is 3. The molecule has 5 heteroatoms. The number of benzene rings is 2. The van der Waals surface area contributed by atoms with Gasteiger partial charge in [0.25, 0.3) is 0 Å². The van der Waals surface area contributed by atoms with Crippen molar-refractivity contribution in [3.05, 3.63) is 48.0 Å². The van der Waals surface area contributed by atoms with E-state index in [-0.39, 0.29) is 11.1 Å². The molecule has 1 N–H and O–H groups in total. The third-order valence-electron chi connectivity index (χ3n) is 2.98. The lowest BCUT2D eigenvalue weighted by atomic mass is 10.2. The molecule has 0 amide bonds. The molecule has 20 heavy (non-hydrogen) atoms. The molecule has 2 aromatic carbocycles. The molecule has 100 valence electrons. The number of fused-ring (bicyclic) bond motifs is 1. The molecule has 0 fully saturated rings. The van der Waals surface area contributed by atoms with E-state index in [0.717, 1.165) is 11.3 Å². The number of ether oxygens (including phenoxy) is 1. The number of carbonyl (C=O) groups is 1. The van der Waals surface area contributed by atoms with Crippen LogP contribution in [0.4, 0.5) is 0 Å². The lowest BCUT2D eigenvalue weighted by Crippen LogP contribution is -1.95. The highest BCUT2D eigenvalue weighted by Crippen LogP contribution is 2.27. The summed E-state index contributed by atoms with van der Waals surface area (Å²) >= 11 is 0. The van der Waals surface area contributed by atoms with Gasteiger partial charge in [0, 0.05) is 5.56 Å². The molecule has 1 heterocycles. The van der Waals surface area contributed by atoms with E-state index in [2.05, 4.69) is 4.98 Å². The summed E-state index contributed by atoms with van der Waals surface area (Å²) < 4.78 is 10.7. The average molecular weight is 269 g/mol. The molecule has 5 nitrogen and oxygen atoms in total. The first-order chi connectivity index (χ1) is 9.69. The fourth-order valence-electron chi connectivity index (χ4n) is 1.97. The molecule has 0 saturated heterocycles. The normalized spacial score (nSPS) is 10.7. The van der Waals surface area contributed by atoms with E-state index in [1.165, 1.54) is 6.07 Å². The lowest BCUT2D eigenvalue weighted by molar-refractivity contribution is 0.0698. The maximum Gasteiger partial charge on any atom is 0.339 e. The Labute approximate surface area is 114 Å². The molecule has 0 saturated carbocycles. The summed E-state index contributed by atoms with van der Waals surface area (Å²) in [7, 11) is 1.59. The molecule has 0 aliphatic carbocycles. The second-order valence-electron chi connectivity index (χ2n) is 4.21. The van der Waals surface area contributed by atoms with Crippen molar-refractivity contribution in [3.63, 3.8) is 0 Å². The first kappa shape index (κ1) is 12.2. The number of hydrogen-bond donors (Lipinski definition) is 1. The molecule has 0 bridgehead atoms. The number of carboxylic acid groups (broad SMARTS) is 1. The van der Waals surface area contributed by atoms with E-state index in [4.69, 9.17) is 14.3 Å². The van der Waals surface area contributed by atoms with E-state index in [0.29, 0.717) is 11.4 Å². The predicted molar refractivity (Wildman–Crippen MR) is 73.0 cm³/mol. The number of para-hydroxylation sites is 1. The molecule has 0 aliphatic heterocycles. The fraction of sp³-hybridized carbons (Fsp3) is 0.0667. The number of aromatic nitrogens is 1. The van der Waals surface area contributed by atoms with Crippen molar-refractivity contribution < 1.29 is 19.1 Å². The van der Waals surface area contributed by atoms with Crippen LogP contribution in [0.1, 0.15) is 10.4 Å². The van der Waals surface area contributed by atoms with Gasteiger partial charge in [0.1, 0.15) is 16.8 Å². The predicted octanol–water partition coefficient (Wildman–Crippen LogP) is 3.20. The van der Waals surface area contributed by atoms with Crippen LogP contribution in [0.25, 0.3) is 22.6 Å². The molecule has 0 atom stereocenters. The molecule has 0 aliphatic rings. The number of oxazole rings is 1. The van der Waals surface area contributed by atoms with Crippen LogP contribution in [0.5, 0.6) is 5.75 Å². The molecule has 0 radical (unpaired) electrons. The van der Waals surface area contributed by atoms with E-state index in [9.17, 15) is 4.79 Å². The highest BCUT2D eigenvalue weighted by molar-refractivity contribution is 6.00. The van der Waals surface area contributed by atoms with E-state index in [1.807, 2.05) is 12.1 Å². The summed E-state index contributed by atoms with van der Waals surface area (Å²) in [4.78, 5) is 15.5. The molecular weight excluding hydrogens is 258 g/mol. The molecule has 3 rings (SSSR count). The van der Waals surface area contributed by atoms with E-state index < -0.39 is 5.97 Å². The van der Waals surface area contributed by atoms with Gasteiger partial charge < -0.3 is 14.3 Å². The maximum atomic E-state index is 11.1. The van der Waals surface area contributed by atoms with Crippen LogP contribution in [-0.4, -0.2) is 23.2 Å². The molecule has 1 aromatic heterocycles. The van der Waals surface area contributed by atoms with Crippen molar-refractivity contribution in [3.8, 4) is 17.2 Å². The van der Waals surface area contributed by atoms with Crippen LogP contribution in [0.3, 0.4) is 0 Å². The number of hydrogen-bond acceptors (Lipinski definition) is 4. The Balaban J connectivity index is 2.12. The summed E-state index contributed by atoms with van der Waals surface area (Å²) in [5, 5.41) is 9.13. The van der Waals surface area contributed by atoms with Gasteiger partial charge in [-0.15, -0.1) is 0 Å². The minimum absolute atomic E-state index is 0.106. The van der Waals surface area contributed by atoms with Crippen LogP contribution >= 0.6 is 0 Å². The Morgan fingerprint density at radius 3 is 2.60 bits per heavy atom. The summed E-state index contributed by atoms with van der Waals surface area (Å²) in [6.45, 7) is 0. The Morgan fingerprint density at radius 1 is 1.20 bits per heavy atom. The summed E-state index contributed by atoms with van der Waals surface area (Å²) in [6.07, 6.45) is 0. The van der Waals surface area contributed by atoms with Crippen LogP contribution in [-0.2, 0) is 0 Å². The summed E-state index contributed by atoms with van der Waals surface area (Å²) in [6, 6.07) is 12.1. The maximum absolute atomic E-state index is 11.1. The monoisotopic (exact) mass is 269 g/mol. The van der Waals surface area contributed by atoms with Crippen LogP contribution in [0, 0.1) is 0 Å². The van der Waals surface area contributed by atoms with Gasteiger partial charge in [-0.3, -0.25) is 0 Å². The van der Waals surface area contributed by atoms with Gasteiger partial charge in [0.2, 0.25) is 5.89 Å².